The van der Waals surface area contributed by atoms with Crippen LogP contribution in [0.25, 0.3) is 0 Å². The van der Waals surface area contributed by atoms with Crippen molar-refractivity contribution in [2.24, 2.45) is 5.92 Å². The van der Waals surface area contributed by atoms with Crippen molar-refractivity contribution < 1.29 is 14.4 Å². The van der Waals surface area contributed by atoms with Gasteiger partial charge in [-0.2, -0.15) is 0 Å². The summed E-state index contributed by atoms with van der Waals surface area (Å²) in [6, 6.07) is 0. The summed E-state index contributed by atoms with van der Waals surface area (Å²) in [7, 11) is 0. The third-order valence-electron chi connectivity index (χ3n) is 8.99. The molecule has 0 radical (unpaired) electrons. The van der Waals surface area contributed by atoms with Crippen LogP contribution >= 0.6 is 0 Å². The molecule has 37 heavy (non-hydrogen) atoms. The molecule has 0 amide bonds. The van der Waals surface area contributed by atoms with Gasteiger partial charge in [0.15, 0.2) is 0 Å². The second-order valence-electron chi connectivity index (χ2n) is 13.5. The zero-order chi connectivity index (χ0) is 27.0. The SMILES string of the molecule is CCCCC(CCCCCCCCCC(=O)ON1C(C)(C)CCCC1(C)C)CCCOC1CCCCC1. The number of nitrogens with zero attached hydrogens (tertiary/aromatic N) is 1. The molecule has 0 aromatic heterocycles. The van der Waals surface area contributed by atoms with Crippen molar-refractivity contribution in [1.29, 1.82) is 0 Å². The summed E-state index contributed by atoms with van der Waals surface area (Å²) < 4.78 is 6.17. The summed E-state index contributed by atoms with van der Waals surface area (Å²) in [5, 5.41) is 1.99. The molecular formula is C33H63NO3. The molecule has 0 spiro atoms. The number of ether oxygens (including phenoxy) is 1. The predicted molar refractivity (Wildman–Crippen MR) is 157 cm³/mol. The molecule has 0 N–H and O–H groups in total. The van der Waals surface area contributed by atoms with E-state index in [-0.39, 0.29) is 17.0 Å². The van der Waals surface area contributed by atoms with Gasteiger partial charge in [0.25, 0.3) is 0 Å². The Hall–Kier alpha value is -0.610. The molecule has 4 nitrogen and oxygen atoms in total. The first-order valence-corrected chi connectivity index (χ1v) is 16.4. The summed E-state index contributed by atoms with van der Waals surface area (Å²) in [4.78, 5) is 18.4. The van der Waals surface area contributed by atoms with Gasteiger partial charge in [-0.3, -0.25) is 4.79 Å². The van der Waals surface area contributed by atoms with Crippen LogP contribution in [-0.2, 0) is 14.4 Å². The van der Waals surface area contributed by atoms with E-state index in [0.717, 1.165) is 38.2 Å². The van der Waals surface area contributed by atoms with E-state index < -0.39 is 0 Å². The smallest absolute Gasteiger partial charge is 0.325 e. The first-order chi connectivity index (χ1) is 17.7. The molecule has 0 bridgehead atoms. The van der Waals surface area contributed by atoms with Gasteiger partial charge in [0.05, 0.1) is 17.2 Å². The maximum absolute atomic E-state index is 12.5. The molecule has 0 aromatic rings. The monoisotopic (exact) mass is 521 g/mol. The topological polar surface area (TPSA) is 38.8 Å². The lowest BCUT2D eigenvalue weighted by molar-refractivity contribution is -0.265. The number of carbonyl (C=O) groups excluding carboxylic acids is 1. The number of hydroxylamine groups is 2. The lowest BCUT2D eigenvalue weighted by atomic mass is 9.82. The summed E-state index contributed by atoms with van der Waals surface area (Å²) >= 11 is 0. The highest BCUT2D eigenvalue weighted by Crippen LogP contribution is 2.38. The van der Waals surface area contributed by atoms with E-state index in [1.165, 1.54) is 109 Å². The minimum atomic E-state index is -0.0737. The lowest BCUT2D eigenvalue weighted by Crippen LogP contribution is -2.58. The van der Waals surface area contributed by atoms with Crippen LogP contribution in [0.5, 0.6) is 0 Å². The van der Waals surface area contributed by atoms with Crippen molar-refractivity contribution in [1.82, 2.24) is 5.06 Å². The highest BCUT2D eigenvalue weighted by molar-refractivity contribution is 5.69. The highest BCUT2D eigenvalue weighted by atomic mass is 16.7. The average molecular weight is 522 g/mol. The molecule has 2 aliphatic rings. The van der Waals surface area contributed by atoms with E-state index in [9.17, 15) is 4.79 Å². The van der Waals surface area contributed by atoms with E-state index in [4.69, 9.17) is 9.57 Å². The van der Waals surface area contributed by atoms with Gasteiger partial charge in [0.1, 0.15) is 0 Å². The van der Waals surface area contributed by atoms with Crippen LogP contribution in [0.2, 0.25) is 0 Å². The van der Waals surface area contributed by atoms with Crippen LogP contribution in [0.1, 0.15) is 176 Å². The van der Waals surface area contributed by atoms with Crippen molar-refractivity contribution >= 4 is 5.97 Å². The molecule has 1 saturated heterocycles. The van der Waals surface area contributed by atoms with Crippen LogP contribution in [0.4, 0.5) is 0 Å². The number of hydrogen-bond donors (Lipinski definition) is 0. The predicted octanol–water partition coefficient (Wildman–Crippen LogP) is 9.93. The van der Waals surface area contributed by atoms with E-state index in [1.807, 2.05) is 5.06 Å². The lowest BCUT2D eigenvalue weighted by Gasteiger charge is -2.50. The Morgan fingerprint density at radius 3 is 1.97 bits per heavy atom. The van der Waals surface area contributed by atoms with E-state index in [2.05, 4.69) is 34.6 Å². The quantitative estimate of drug-likeness (QED) is 0.158. The fourth-order valence-electron chi connectivity index (χ4n) is 6.74. The second-order valence-corrected chi connectivity index (χ2v) is 13.5. The summed E-state index contributed by atoms with van der Waals surface area (Å²) in [5.74, 6) is 0.848. The van der Waals surface area contributed by atoms with Gasteiger partial charge in [-0.15, -0.1) is 5.06 Å². The van der Waals surface area contributed by atoms with Crippen LogP contribution in [-0.4, -0.2) is 34.8 Å². The standard InChI is InChI=1S/C33H63NO3/c1-6-7-20-29(22-18-28-36-30-23-15-13-16-24-30)21-14-11-9-8-10-12-17-25-31(35)37-34-32(2,3)26-19-27-33(34,4)5/h29-30H,6-28H2,1-5H3. The molecule has 1 heterocycles. The Morgan fingerprint density at radius 1 is 0.757 bits per heavy atom. The van der Waals surface area contributed by atoms with Gasteiger partial charge in [-0.25, -0.2) is 0 Å². The molecule has 0 aromatic carbocycles. The maximum atomic E-state index is 12.5. The van der Waals surface area contributed by atoms with Gasteiger partial charge in [0, 0.05) is 13.0 Å². The number of hydrogen-bond acceptors (Lipinski definition) is 4. The van der Waals surface area contributed by atoms with Crippen molar-refractivity contribution in [3.05, 3.63) is 0 Å². The molecular weight excluding hydrogens is 458 g/mol. The number of unbranched alkanes of at least 4 members (excludes halogenated alkanes) is 7. The van der Waals surface area contributed by atoms with E-state index in [1.54, 1.807) is 0 Å². The van der Waals surface area contributed by atoms with Crippen molar-refractivity contribution in [2.45, 2.75) is 193 Å². The third-order valence-corrected chi connectivity index (χ3v) is 8.99. The van der Waals surface area contributed by atoms with Crippen molar-refractivity contribution in [2.75, 3.05) is 6.61 Å². The van der Waals surface area contributed by atoms with Crippen LogP contribution in [0, 0.1) is 5.92 Å². The zero-order valence-electron chi connectivity index (χ0n) is 25.6. The molecule has 2 rings (SSSR count). The number of carbonyl (C=O) groups is 1. The molecule has 218 valence electrons. The second kappa shape index (κ2) is 17.9. The first-order valence-electron chi connectivity index (χ1n) is 16.4. The van der Waals surface area contributed by atoms with Gasteiger partial charge in [-0.05, 0) is 85.0 Å². The third kappa shape index (κ3) is 13.3. The molecule has 2 fully saturated rings. The van der Waals surface area contributed by atoms with Crippen molar-refractivity contribution in [3.63, 3.8) is 0 Å². The minimum absolute atomic E-state index is 0.0506. The highest BCUT2D eigenvalue weighted by Gasteiger charge is 2.44. The average Bonchev–Trinajstić information content (AvgIpc) is 2.86. The Bertz CT molecular complexity index is 580. The molecule has 4 heteroatoms. The number of rotatable bonds is 19. The van der Waals surface area contributed by atoms with Gasteiger partial charge in [0.2, 0.25) is 0 Å². The first kappa shape index (κ1) is 32.6. The van der Waals surface area contributed by atoms with Crippen molar-refractivity contribution in [3.8, 4) is 0 Å². The number of piperidine rings is 1. The normalized spacial score (nSPS) is 21.1. The van der Waals surface area contributed by atoms with Gasteiger partial charge >= 0.3 is 5.97 Å². The summed E-state index contributed by atoms with van der Waals surface area (Å²) in [5.41, 5.74) is -0.147. The molecule has 1 saturated carbocycles. The Balaban J connectivity index is 1.48. The van der Waals surface area contributed by atoms with Crippen LogP contribution < -0.4 is 0 Å². The molecule has 1 aliphatic heterocycles. The molecule has 1 atom stereocenters. The van der Waals surface area contributed by atoms with Gasteiger partial charge in [-0.1, -0.05) is 90.4 Å². The Kier molecular flexibility index (Phi) is 15.7. The van der Waals surface area contributed by atoms with Crippen LogP contribution in [0.15, 0.2) is 0 Å². The molecule has 1 unspecified atom stereocenters. The summed E-state index contributed by atoms with van der Waals surface area (Å²) in [6.45, 7) is 12.1. The Labute approximate surface area is 231 Å². The van der Waals surface area contributed by atoms with Gasteiger partial charge < -0.3 is 9.57 Å². The molecule has 1 aliphatic carbocycles. The van der Waals surface area contributed by atoms with E-state index >= 15 is 0 Å². The van der Waals surface area contributed by atoms with E-state index in [0.29, 0.717) is 12.5 Å². The fraction of sp³-hybridized carbons (Fsp3) is 0.970. The fourth-order valence-corrected chi connectivity index (χ4v) is 6.74. The Morgan fingerprint density at radius 2 is 1.32 bits per heavy atom. The largest absolute Gasteiger partial charge is 0.378 e. The summed E-state index contributed by atoms with van der Waals surface area (Å²) in [6.07, 6.45) is 28.0. The maximum Gasteiger partial charge on any atom is 0.325 e. The van der Waals surface area contributed by atoms with Crippen LogP contribution in [0.3, 0.4) is 0 Å². The zero-order valence-corrected chi connectivity index (χ0v) is 25.6. The minimum Gasteiger partial charge on any atom is -0.378 e.